The quantitative estimate of drug-likeness (QED) is 0.207. The van der Waals surface area contributed by atoms with Crippen LogP contribution in [0.2, 0.25) is 0 Å². The highest BCUT2D eigenvalue weighted by Crippen LogP contribution is 2.38. The molecule has 8 rings (SSSR count). The van der Waals surface area contributed by atoms with Crippen molar-refractivity contribution in [1.82, 2.24) is 9.13 Å². The van der Waals surface area contributed by atoms with Gasteiger partial charge in [0.25, 0.3) is 0 Å². The fraction of sp³-hybridized carbons (Fsp3) is 0. The highest BCUT2D eigenvalue weighted by molar-refractivity contribution is 6.11. The number of rotatable bonds is 3. The van der Waals surface area contributed by atoms with E-state index in [0.29, 0.717) is 27.8 Å². The molecule has 0 spiro atoms. The number of hydrogen-bond acceptors (Lipinski definition) is 4. The van der Waals surface area contributed by atoms with Crippen molar-refractivity contribution >= 4 is 43.6 Å². The molecule has 0 aliphatic carbocycles. The Bertz CT molecular complexity index is 2620. The van der Waals surface area contributed by atoms with Crippen LogP contribution in [0, 0.1) is 45.3 Å². The van der Waals surface area contributed by atoms with E-state index >= 15 is 0 Å². The maximum atomic E-state index is 10.1. The van der Waals surface area contributed by atoms with Crippen molar-refractivity contribution in [3.63, 3.8) is 0 Å². The summed E-state index contributed by atoms with van der Waals surface area (Å²) in [5.41, 5.74) is 9.02. The van der Waals surface area contributed by atoms with Crippen LogP contribution in [0.15, 0.2) is 121 Å². The van der Waals surface area contributed by atoms with E-state index in [1.165, 1.54) is 0 Å². The Labute approximate surface area is 263 Å². The molecule has 2 heterocycles. The molecule has 6 aromatic carbocycles. The number of fused-ring (bicyclic) bond motifs is 6. The first-order valence-corrected chi connectivity index (χ1v) is 14.6. The van der Waals surface area contributed by atoms with E-state index < -0.39 is 0 Å². The van der Waals surface area contributed by atoms with Gasteiger partial charge in [-0.2, -0.15) is 21.0 Å². The van der Waals surface area contributed by atoms with Gasteiger partial charge in [0.15, 0.2) is 0 Å². The Kier molecular flexibility index (Phi) is 5.91. The van der Waals surface area contributed by atoms with E-state index in [9.17, 15) is 21.0 Å². The highest BCUT2D eigenvalue weighted by Gasteiger charge is 2.19. The highest BCUT2D eigenvalue weighted by atomic mass is 15.0. The summed E-state index contributed by atoms with van der Waals surface area (Å²) in [7, 11) is 0. The first kappa shape index (κ1) is 26.5. The van der Waals surface area contributed by atoms with E-state index in [2.05, 4.69) is 75.9 Å². The third kappa shape index (κ3) is 3.93. The topological polar surface area (TPSA) is 105 Å². The van der Waals surface area contributed by atoms with Crippen molar-refractivity contribution in [3.05, 3.63) is 144 Å². The zero-order valence-corrected chi connectivity index (χ0v) is 24.2. The summed E-state index contributed by atoms with van der Waals surface area (Å²) in [5.74, 6) is 0. The number of aromatic nitrogens is 2. The molecule has 0 bridgehead atoms. The largest absolute Gasteiger partial charge is 0.309 e. The molecule has 6 heteroatoms. The Morgan fingerprint density at radius 2 is 0.848 bits per heavy atom. The molecule has 0 saturated carbocycles. The average molecular weight is 585 g/mol. The summed E-state index contributed by atoms with van der Waals surface area (Å²) >= 11 is 0. The second kappa shape index (κ2) is 10.3. The lowest BCUT2D eigenvalue weighted by molar-refractivity contribution is 1.13. The van der Waals surface area contributed by atoms with Crippen molar-refractivity contribution < 1.29 is 0 Å². The van der Waals surface area contributed by atoms with Crippen molar-refractivity contribution in [3.8, 4) is 46.8 Å². The molecule has 0 fully saturated rings. The zero-order valence-electron chi connectivity index (χ0n) is 24.2. The van der Waals surface area contributed by atoms with Gasteiger partial charge in [0.05, 0.1) is 68.6 Å². The summed E-state index contributed by atoms with van der Waals surface area (Å²) in [4.78, 5) is 0. The van der Waals surface area contributed by atoms with Gasteiger partial charge in [-0.25, -0.2) is 0 Å². The molecule has 6 nitrogen and oxygen atoms in total. The van der Waals surface area contributed by atoms with E-state index in [1.54, 1.807) is 24.3 Å². The van der Waals surface area contributed by atoms with Crippen molar-refractivity contribution in [2.45, 2.75) is 0 Å². The van der Waals surface area contributed by atoms with Gasteiger partial charge in [-0.3, -0.25) is 0 Å². The monoisotopic (exact) mass is 584 g/mol. The van der Waals surface area contributed by atoms with Gasteiger partial charge >= 0.3 is 0 Å². The average Bonchev–Trinajstić information content (AvgIpc) is 3.63. The van der Waals surface area contributed by atoms with Crippen LogP contribution < -0.4 is 0 Å². The molecule has 46 heavy (non-hydrogen) atoms. The van der Waals surface area contributed by atoms with Crippen LogP contribution in [0.25, 0.3) is 66.1 Å². The van der Waals surface area contributed by atoms with Crippen LogP contribution >= 0.6 is 0 Å². The molecule has 0 saturated heterocycles. The van der Waals surface area contributed by atoms with Gasteiger partial charge < -0.3 is 9.13 Å². The van der Waals surface area contributed by atoms with Gasteiger partial charge in [-0.15, -0.1) is 0 Å². The summed E-state index contributed by atoms with van der Waals surface area (Å²) < 4.78 is 4.38. The van der Waals surface area contributed by atoms with Crippen LogP contribution in [0.3, 0.4) is 0 Å². The summed E-state index contributed by atoms with van der Waals surface area (Å²) in [6.07, 6.45) is 0. The van der Waals surface area contributed by atoms with Gasteiger partial charge in [0.1, 0.15) is 0 Å². The molecule has 0 radical (unpaired) electrons. The third-order valence-electron chi connectivity index (χ3n) is 8.60. The first-order valence-electron chi connectivity index (χ1n) is 14.6. The summed E-state index contributed by atoms with van der Waals surface area (Å²) in [6.45, 7) is 0. The van der Waals surface area contributed by atoms with Gasteiger partial charge in [-0.1, -0.05) is 42.5 Å². The molecule has 2 aromatic heterocycles. The molecule has 0 atom stereocenters. The van der Waals surface area contributed by atoms with Crippen LogP contribution in [0.1, 0.15) is 22.3 Å². The summed E-state index contributed by atoms with van der Waals surface area (Å²) in [5, 5.41) is 43.1. The van der Waals surface area contributed by atoms with Crippen molar-refractivity contribution in [2.24, 2.45) is 0 Å². The predicted octanol–water partition coefficient (Wildman–Crippen LogP) is 9.03. The lowest BCUT2D eigenvalue weighted by Gasteiger charge is -2.16. The number of nitrogens with zero attached hydrogens (tertiary/aromatic N) is 6. The molecular weight excluding hydrogens is 564 g/mol. The van der Waals surface area contributed by atoms with E-state index in [-0.39, 0.29) is 0 Å². The SMILES string of the molecule is N#Cc1ccc(-c2cc(-n3c4ccccc4c4ccccc43)cc(-n3c4ccc(C#N)cc4c4cc(C#N)ccc43)c2)c(C#N)c1. The van der Waals surface area contributed by atoms with Gasteiger partial charge in [0, 0.05) is 32.9 Å². The first-order chi connectivity index (χ1) is 22.6. The summed E-state index contributed by atoms with van der Waals surface area (Å²) in [6, 6.07) is 48.2. The Balaban J connectivity index is 1.52. The van der Waals surface area contributed by atoms with Crippen molar-refractivity contribution in [2.75, 3.05) is 0 Å². The maximum Gasteiger partial charge on any atom is 0.0998 e. The minimum atomic E-state index is 0.406. The molecule has 0 aliphatic heterocycles. The molecule has 0 N–H and O–H groups in total. The van der Waals surface area contributed by atoms with Gasteiger partial charge in [-0.05, 0) is 90.0 Å². The molecule has 0 amide bonds. The second-order valence-corrected chi connectivity index (χ2v) is 11.1. The molecule has 210 valence electrons. The van der Waals surface area contributed by atoms with E-state index in [4.69, 9.17) is 0 Å². The number of benzene rings is 6. The lowest BCUT2D eigenvalue weighted by Crippen LogP contribution is -2.00. The van der Waals surface area contributed by atoms with E-state index in [1.807, 2.05) is 54.6 Å². The number of para-hydroxylation sites is 2. The standard InChI is InChI=1S/C40H20N6/c41-21-25-9-12-32(29(15-25)24-44)28-18-30(45-37-7-3-1-5-33(37)34-6-2-4-8-38(34)45)20-31(19-28)46-39-13-10-26(22-42)16-35(39)36-17-27(23-43)11-14-40(36)46/h1-20H. The Morgan fingerprint density at radius 1 is 0.391 bits per heavy atom. The lowest BCUT2D eigenvalue weighted by atomic mass is 9.97. The minimum absolute atomic E-state index is 0.406. The van der Waals surface area contributed by atoms with Crippen LogP contribution in [-0.4, -0.2) is 9.13 Å². The Morgan fingerprint density at radius 3 is 1.35 bits per heavy atom. The molecule has 0 aliphatic rings. The third-order valence-corrected chi connectivity index (χ3v) is 8.60. The van der Waals surface area contributed by atoms with Crippen molar-refractivity contribution in [1.29, 1.82) is 21.0 Å². The maximum absolute atomic E-state index is 10.1. The number of nitriles is 4. The van der Waals surface area contributed by atoms with Gasteiger partial charge in [0.2, 0.25) is 0 Å². The van der Waals surface area contributed by atoms with Crippen LogP contribution in [-0.2, 0) is 0 Å². The minimum Gasteiger partial charge on any atom is -0.309 e. The molecule has 0 unspecified atom stereocenters. The normalized spacial score (nSPS) is 11.0. The zero-order chi connectivity index (χ0) is 31.4. The second-order valence-electron chi connectivity index (χ2n) is 11.1. The fourth-order valence-electron chi connectivity index (χ4n) is 6.61. The predicted molar refractivity (Wildman–Crippen MR) is 179 cm³/mol. The Hall–Kier alpha value is -7.12. The van der Waals surface area contributed by atoms with Crippen LogP contribution in [0.5, 0.6) is 0 Å². The van der Waals surface area contributed by atoms with Crippen LogP contribution in [0.4, 0.5) is 0 Å². The molecular formula is C40H20N6. The molecule has 8 aromatic rings. The van der Waals surface area contributed by atoms with E-state index in [0.717, 1.165) is 60.5 Å². The fourth-order valence-corrected chi connectivity index (χ4v) is 6.61. The smallest absolute Gasteiger partial charge is 0.0998 e. The number of hydrogen-bond donors (Lipinski definition) is 0.